The number of nitrogens with zero attached hydrogens (tertiary/aromatic N) is 3. The molecule has 1 aliphatic heterocycles. The molecule has 0 aliphatic carbocycles. The van der Waals surface area contributed by atoms with Gasteiger partial charge < -0.3 is 20.4 Å². The molecule has 1 saturated heterocycles. The van der Waals surface area contributed by atoms with Gasteiger partial charge in [-0.3, -0.25) is 0 Å². The number of fused-ring (bicyclic) bond motifs is 1. The maximum Gasteiger partial charge on any atom is 0.315 e. The molecule has 25 heavy (non-hydrogen) atoms. The summed E-state index contributed by atoms with van der Waals surface area (Å²) < 4.78 is 1.16. The molecule has 0 radical (unpaired) electrons. The maximum atomic E-state index is 11.9. The number of amides is 2. The van der Waals surface area contributed by atoms with E-state index in [-0.39, 0.29) is 6.03 Å². The smallest absolute Gasteiger partial charge is 0.315 e. The molecule has 0 saturated carbocycles. The number of rotatable bonds is 7. The molecule has 2 N–H and O–H groups in total. The SMILES string of the molecule is CN1CCN(CCCCNC(=O)NCc2nc3ccccc3s2)CC1. The summed E-state index contributed by atoms with van der Waals surface area (Å²) in [5.74, 6) is 0. The molecule has 3 rings (SSSR count). The van der Waals surface area contributed by atoms with E-state index in [1.54, 1.807) is 11.3 Å². The highest BCUT2D eigenvalue weighted by Crippen LogP contribution is 2.21. The summed E-state index contributed by atoms with van der Waals surface area (Å²) in [7, 11) is 2.17. The second-order valence-corrected chi connectivity index (χ2v) is 7.65. The average Bonchev–Trinajstić information content (AvgIpc) is 3.04. The molecule has 0 atom stereocenters. The topological polar surface area (TPSA) is 60.5 Å². The third-order valence-corrected chi connectivity index (χ3v) is 5.56. The van der Waals surface area contributed by atoms with Crippen LogP contribution in [0.1, 0.15) is 17.8 Å². The third kappa shape index (κ3) is 5.66. The summed E-state index contributed by atoms with van der Waals surface area (Å²) in [6, 6.07) is 7.92. The summed E-state index contributed by atoms with van der Waals surface area (Å²) in [6.07, 6.45) is 2.14. The first-order valence-electron chi connectivity index (χ1n) is 8.98. The number of aromatic nitrogens is 1. The summed E-state index contributed by atoms with van der Waals surface area (Å²) in [4.78, 5) is 21.3. The largest absolute Gasteiger partial charge is 0.338 e. The van der Waals surface area contributed by atoms with E-state index >= 15 is 0 Å². The lowest BCUT2D eigenvalue weighted by molar-refractivity contribution is 0.152. The van der Waals surface area contributed by atoms with E-state index in [4.69, 9.17) is 0 Å². The van der Waals surface area contributed by atoms with Gasteiger partial charge in [0.2, 0.25) is 0 Å². The number of thiazole rings is 1. The number of carbonyl (C=O) groups excluding carboxylic acids is 1. The number of para-hydroxylation sites is 1. The number of urea groups is 1. The van der Waals surface area contributed by atoms with Crippen LogP contribution in [0.25, 0.3) is 10.2 Å². The number of hydrogen-bond donors (Lipinski definition) is 2. The molecule has 136 valence electrons. The minimum absolute atomic E-state index is 0.112. The van der Waals surface area contributed by atoms with E-state index in [1.165, 1.54) is 0 Å². The normalized spacial score (nSPS) is 16.2. The van der Waals surface area contributed by atoms with Gasteiger partial charge in [0.1, 0.15) is 5.01 Å². The highest BCUT2D eigenvalue weighted by Gasteiger charge is 2.12. The highest BCUT2D eigenvalue weighted by atomic mass is 32.1. The molecule has 0 unspecified atom stereocenters. The van der Waals surface area contributed by atoms with Crippen molar-refractivity contribution in [1.82, 2.24) is 25.4 Å². The van der Waals surface area contributed by atoms with Crippen LogP contribution >= 0.6 is 11.3 Å². The van der Waals surface area contributed by atoms with Gasteiger partial charge in [-0.1, -0.05) is 12.1 Å². The molecule has 0 spiro atoms. The van der Waals surface area contributed by atoms with Crippen LogP contribution in [0.4, 0.5) is 4.79 Å². The van der Waals surface area contributed by atoms with E-state index in [1.807, 2.05) is 18.2 Å². The molecule has 2 amide bonds. The van der Waals surface area contributed by atoms with Crippen molar-refractivity contribution in [2.24, 2.45) is 0 Å². The van der Waals surface area contributed by atoms with Crippen LogP contribution in [-0.2, 0) is 6.54 Å². The number of benzene rings is 1. The van der Waals surface area contributed by atoms with Gasteiger partial charge in [0.15, 0.2) is 0 Å². The molecule has 1 aliphatic rings. The van der Waals surface area contributed by atoms with Gasteiger partial charge in [0, 0.05) is 32.7 Å². The average molecular weight is 362 g/mol. The van der Waals surface area contributed by atoms with Crippen LogP contribution in [0.2, 0.25) is 0 Å². The van der Waals surface area contributed by atoms with Crippen LogP contribution in [0.5, 0.6) is 0 Å². The van der Waals surface area contributed by atoms with Gasteiger partial charge in [-0.15, -0.1) is 11.3 Å². The lowest BCUT2D eigenvalue weighted by Gasteiger charge is -2.32. The molecular formula is C18H27N5OS. The van der Waals surface area contributed by atoms with Crippen molar-refractivity contribution in [2.45, 2.75) is 19.4 Å². The second-order valence-electron chi connectivity index (χ2n) is 6.54. The van der Waals surface area contributed by atoms with Gasteiger partial charge in [0.05, 0.1) is 16.8 Å². The summed E-state index contributed by atoms with van der Waals surface area (Å²) in [5.41, 5.74) is 0.994. The van der Waals surface area contributed by atoms with Gasteiger partial charge >= 0.3 is 6.03 Å². The Bertz CT molecular complexity index is 648. The summed E-state index contributed by atoms with van der Waals surface area (Å²) in [5, 5.41) is 6.76. The van der Waals surface area contributed by atoms with E-state index in [0.29, 0.717) is 6.54 Å². The minimum Gasteiger partial charge on any atom is -0.338 e. The molecular weight excluding hydrogens is 334 g/mol. The van der Waals surface area contributed by atoms with Crippen molar-refractivity contribution in [3.8, 4) is 0 Å². The standard InChI is InChI=1S/C18H27N5OS/c1-22-10-12-23(13-11-22)9-5-4-8-19-18(24)20-14-17-21-15-6-2-3-7-16(15)25-17/h2-3,6-7H,4-5,8-14H2,1H3,(H2,19,20,24). The molecule has 1 aromatic heterocycles. The van der Waals surface area contributed by atoms with Crippen molar-refractivity contribution in [3.05, 3.63) is 29.3 Å². The highest BCUT2D eigenvalue weighted by molar-refractivity contribution is 7.18. The van der Waals surface area contributed by atoms with E-state index in [9.17, 15) is 4.79 Å². The molecule has 0 bridgehead atoms. The van der Waals surface area contributed by atoms with Gasteiger partial charge in [-0.05, 0) is 38.6 Å². The summed E-state index contributed by atoms with van der Waals surface area (Å²) >= 11 is 1.62. The Labute approximate surface area is 153 Å². The van der Waals surface area contributed by atoms with Crippen molar-refractivity contribution >= 4 is 27.6 Å². The van der Waals surface area contributed by atoms with Gasteiger partial charge in [-0.25, -0.2) is 9.78 Å². The van der Waals surface area contributed by atoms with Crippen molar-refractivity contribution in [2.75, 3.05) is 46.3 Å². The van der Waals surface area contributed by atoms with E-state index < -0.39 is 0 Å². The fraction of sp³-hybridized carbons (Fsp3) is 0.556. The van der Waals surface area contributed by atoms with Crippen molar-refractivity contribution in [1.29, 1.82) is 0 Å². The first-order chi connectivity index (χ1) is 12.2. The molecule has 2 heterocycles. The monoisotopic (exact) mass is 361 g/mol. The predicted molar refractivity (Wildman–Crippen MR) is 103 cm³/mol. The zero-order valence-corrected chi connectivity index (χ0v) is 15.6. The molecule has 2 aromatic rings. The number of carbonyl (C=O) groups is 1. The zero-order valence-electron chi connectivity index (χ0n) is 14.8. The van der Waals surface area contributed by atoms with E-state index in [2.05, 4.69) is 38.5 Å². The Balaban J connectivity index is 1.27. The fourth-order valence-electron chi connectivity index (χ4n) is 2.95. The number of nitrogens with one attached hydrogen (secondary N) is 2. The van der Waals surface area contributed by atoms with E-state index in [0.717, 1.165) is 67.3 Å². The Hall–Kier alpha value is -1.70. The van der Waals surface area contributed by atoms with Crippen molar-refractivity contribution in [3.63, 3.8) is 0 Å². The Morgan fingerprint density at radius 3 is 2.76 bits per heavy atom. The second kappa shape index (κ2) is 9.12. The van der Waals surface area contributed by atoms with Crippen LogP contribution in [0.15, 0.2) is 24.3 Å². The molecule has 1 aromatic carbocycles. The molecule has 1 fully saturated rings. The Morgan fingerprint density at radius 1 is 1.16 bits per heavy atom. The third-order valence-electron chi connectivity index (χ3n) is 4.52. The van der Waals surface area contributed by atoms with Gasteiger partial charge in [-0.2, -0.15) is 0 Å². The summed E-state index contributed by atoms with van der Waals surface area (Å²) in [6.45, 7) is 6.97. The maximum absolute atomic E-state index is 11.9. The van der Waals surface area contributed by atoms with Crippen LogP contribution in [0, 0.1) is 0 Å². The number of piperazine rings is 1. The first-order valence-corrected chi connectivity index (χ1v) is 9.79. The Morgan fingerprint density at radius 2 is 1.96 bits per heavy atom. The van der Waals surface area contributed by atoms with Crippen LogP contribution < -0.4 is 10.6 Å². The lowest BCUT2D eigenvalue weighted by atomic mass is 10.2. The lowest BCUT2D eigenvalue weighted by Crippen LogP contribution is -2.44. The fourth-order valence-corrected chi connectivity index (χ4v) is 3.85. The number of hydrogen-bond acceptors (Lipinski definition) is 5. The Kier molecular flexibility index (Phi) is 6.61. The quantitative estimate of drug-likeness (QED) is 0.742. The first kappa shape index (κ1) is 18.1. The van der Waals surface area contributed by atoms with Crippen LogP contribution in [0.3, 0.4) is 0 Å². The molecule has 6 nitrogen and oxygen atoms in total. The number of unbranched alkanes of at least 4 members (excludes halogenated alkanes) is 1. The van der Waals surface area contributed by atoms with Crippen LogP contribution in [-0.4, -0.2) is 67.1 Å². The predicted octanol–water partition coefficient (Wildman–Crippen LogP) is 2.12. The minimum atomic E-state index is -0.112. The zero-order chi connectivity index (χ0) is 17.5. The molecule has 7 heteroatoms. The number of likely N-dealkylation sites (N-methyl/N-ethyl adjacent to an activating group) is 1. The van der Waals surface area contributed by atoms with Gasteiger partial charge in [0.25, 0.3) is 0 Å². The van der Waals surface area contributed by atoms with Crippen molar-refractivity contribution < 1.29 is 4.79 Å².